The van der Waals surface area contributed by atoms with E-state index in [-0.39, 0.29) is 11.4 Å². The highest BCUT2D eigenvalue weighted by molar-refractivity contribution is 8.26. The van der Waals surface area contributed by atoms with Crippen LogP contribution < -0.4 is 4.74 Å². The van der Waals surface area contributed by atoms with E-state index in [0.717, 1.165) is 39.9 Å². The lowest BCUT2D eigenvalue weighted by atomic mass is 10.1. The quantitative estimate of drug-likeness (QED) is 0.618. The number of thioether (sulfide) groups is 1. The van der Waals surface area contributed by atoms with Crippen molar-refractivity contribution in [3.05, 3.63) is 52.9 Å². The van der Waals surface area contributed by atoms with Gasteiger partial charge in [0.2, 0.25) is 5.17 Å². The number of carbonyl (C=O) groups excluding carboxylic acids is 1. The van der Waals surface area contributed by atoms with Crippen LogP contribution in [0.5, 0.6) is 5.75 Å². The Bertz CT molecular complexity index is 1190. The van der Waals surface area contributed by atoms with E-state index < -0.39 is 5.91 Å². The fraction of sp³-hybridized carbons (Fsp3) is 0.333. The summed E-state index contributed by atoms with van der Waals surface area (Å²) in [6.45, 7) is 10.8. The normalized spacial score (nSPS) is 17.2. The van der Waals surface area contributed by atoms with Gasteiger partial charge in [0, 0.05) is 17.8 Å². The summed E-state index contributed by atoms with van der Waals surface area (Å²) in [6.07, 6.45) is 2.54. The van der Waals surface area contributed by atoms with Gasteiger partial charge >= 0.3 is 0 Å². The molecule has 0 radical (unpaired) electrons. The maximum absolute atomic E-state index is 12.8. The highest BCUT2D eigenvalue weighted by Crippen LogP contribution is 2.32. The van der Waals surface area contributed by atoms with E-state index >= 15 is 0 Å². The van der Waals surface area contributed by atoms with Crippen molar-refractivity contribution in [2.45, 2.75) is 41.0 Å². The van der Waals surface area contributed by atoms with Gasteiger partial charge in [0.05, 0.1) is 17.9 Å². The predicted molar refractivity (Wildman–Crippen MR) is 131 cm³/mol. The van der Waals surface area contributed by atoms with E-state index in [0.29, 0.717) is 17.7 Å². The van der Waals surface area contributed by atoms with Gasteiger partial charge in [0.25, 0.3) is 5.91 Å². The highest BCUT2D eigenvalue weighted by Gasteiger charge is 2.35. The first-order chi connectivity index (χ1) is 15.3. The highest BCUT2D eigenvalue weighted by atomic mass is 32.2. The topological polar surface area (TPSA) is 83.0 Å². The number of hydrogen-bond acceptors (Lipinski definition) is 5. The van der Waals surface area contributed by atoms with Crippen LogP contribution >= 0.6 is 11.8 Å². The van der Waals surface area contributed by atoms with Crippen molar-refractivity contribution in [2.24, 2.45) is 16.0 Å². The molecule has 1 N–H and O–H groups in total. The number of para-hydroxylation sites is 2. The number of aryl methyl sites for hydroxylation is 1. The van der Waals surface area contributed by atoms with Gasteiger partial charge in [-0.1, -0.05) is 26.0 Å². The molecule has 0 fully saturated rings. The molecule has 1 aromatic carbocycles. The van der Waals surface area contributed by atoms with Crippen LogP contribution in [-0.2, 0) is 4.79 Å². The summed E-state index contributed by atoms with van der Waals surface area (Å²) in [6, 6.07) is 9.90. The third-order valence-electron chi connectivity index (χ3n) is 5.26. The number of carbonyl (C=O) groups is 1. The second-order valence-corrected chi connectivity index (χ2v) is 9.21. The number of hydrogen-bond donors (Lipinski definition) is 1. The molecule has 2 aliphatic rings. The van der Waals surface area contributed by atoms with Crippen LogP contribution in [0.4, 0.5) is 0 Å². The van der Waals surface area contributed by atoms with Crippen LogP contribution in [0.15, 0.2) is 46.0 Å². The summed E-state index contributed by atoms with van der Waals surface area (Å²) in [5.74, 6) is 0.890. The maximum Gasteiger partial charge on any atom is 0.283 e. The Morgan fingerprint density at radius 3 is 2.72 bits per heavy atom. The van der Waals surface area contributed by atoms with Crippen molar-refractivity contribution in [1.82, 2.24) is 9.58 Å². The van der Waals surface area contributed by atoms with Crippen molar-refractivity contribution in [1.29, 1.82) is 5.41 Å². The average Bonchev–Trinajstić information content (AvgIpc) is 3.25. The van der Waals surface area contributed by atoms with Crippen LogP contribution in [0, 0.1) is 25.2 Å². The Balaban J connectivity index is 1.72. The zero-order valence-electron chi connectivity index (χ0n) is 19.0. The van der Waals surface area contributed by atoms with E-state index in [1.807, 2.05) is 51.1 Å². The number of hydrazone groups is 1. The van der Waals surface area contributed by atoms with Gasteiger partial charge in [-0.2, -0.15) is 15.1 Å². The Morgan fingerprint density at radius 2 is 2.00 bits per heavy atom. The zero-order valence-corrected chi connectivity index (χ0v) is 19.8. The predicted octanol–water partition coefficient (Wildman–Crippen LogP) is 5.16. The first-order valence-electron chi connectivity index (χ1n) is 10.7. The molecule has 1 amide bonds. The van der Waals surface area contributed by atoms with Crippen molar-refractivity contribution >= 4 is 39.8 Å². The van der Waals surface area contributed by atoms with E-state index in [1.54, 1.807) is 6.08 Å². The number of nitrogens with zero attached hydrogens (tertiary/aromatic N) is 4. The monoisotopic (exact) mass is 449 g/mol. The molecular formula is C24H27N5O2S. The van der Waals surface area contributed by atoms with Crippen molar-refractivity contribution in [3.63, 3.8) is 0 Å². The van der Waals surface area contributed by atoms with Gasteiger partial charge in [-0.05, 0) is 68.3 Å². The van der Waals surface area contributed by atoms with Crippen LogP contribution in [-0.4, -0.2) is 38.1 Å². The van der Waals surface area contributed by atoms with Crippen LogP contribution in [0.2, 0.25) is 0 Å². The van der Waals surface area contributed by atoms with Gasteiger partial charge in [-0.15, -0.1) is 0 Å². The minimum Gasteiger partial charge on any atom is -0.492 e. The maximum atomic E-state index is 12.8. The average molecular weight is 450 g/mol. The molecule has 2 aromatic rings. The minimum atomic E-state index is -0.408. The molecule has 7 nitrogen and oxygen atoms in total. The number of aliphatic imine (C=N–C) groups is 1. The molecule has 166 valence electrons. The largest absolute Gasteiger partial charge is 0.492 e. The second kappa shape index (κ2) is 8.78. The van der Waals surface area contributed by atoms with Gasteiger partial charge in [-0.25, -0.2) is 0 Å². The minimum absolute atomic E-state index is 0.0609. The molecule has 3 heterocycles. The first-order valence-corrected chi connectivity index (χ1v) is 11.5. The van der Waals surface area contributed by atoms with Gasteiger partial charge in [0.15, 0.2) is 5.84 Å². The summed E-state index contributed by atoms with van der Waals surface area (Å²) in [5.41, 5.74) is 4.01. The van der Waals surface area contributed by atoms with Crippen LogP contribution in [0.3, 0.4) is 0 Å². The Labute approximate surface area is 192 Å². The molecule has 8 heteroatoms. The molecule has 0 saturated carbocycles. The number of fused-ring (bicyclic) bond motifs is 1. The summed E-state index contributed by atoms with van der Waals surface area (Å²) >= 11 is 1.37. The Hall–Kier alpha value is -3.13. The molecule has 0 bridgehead atoms. The van der Waals surface area contributed by atoms with Crippen molar-refractivity contribution < 1.29 is 9.53 Å². The fourth-order valence-electron chi connectivity index (χ4n) is 3.84. The summed E-state index contributed by atoms with van der Waals surface area (Å²) in [5, 5.41) is 16.0. The molecule has 2 aliphatic heterocycles. The third kappa shape index (κ3) is 4.02. The number of amidine groups is 2. The number of aromatic nitrogens is 1. The number of benzene rings is 1. The molecule has 0 atom stereocenters. The van der Waals surface area contributed by atoms with Crippen molar-refractivity contribution in [2.75, 3.05) is 6.61 Å². The lowest BCUT2D eigenvalue weighted by Crippen LogP contribution is -2.35. The SMILES string of the molecule is CCOc1ccccc1-n1c(C)cc(/C=C2\C(=N)N3N=C(CC(C)C)SC3=NC2=O)c1C. The van der Waals surface area contributed by atoms with Crippen LogP contribution in [0.1, 0.15) is 44.1 Å². The molecule has 32 heavy (non-hydrogen) atoms. The third-order valence-corrected chi connectivity index (χ3v) is 6.19. The Kier molecular flexibility index (Phi) is 6.06. The summed E-state index contributed by atoms with van der Waals surface area (Å²) < 4.78 is 7.92. The number of rotatable bonds is 6. The smallest absolute Gasteiger partial charge is 0.283 e. The zero-order chi connectivity index (χ0) is 23.0. The molecular weight excluding hydrogens is 422 g/mol. The first kappa shape index (κ1) is 22.1. The molecule has 0 saturated heterocycles. The van der Waals surface area contributed by atoms with Gasteiger partial charge in [0.1, 0.15) is 10.8 Å². The standard InChI is InChI=1S/C24H27N5O2S/c1-6-31-20-10-8-7-9-19(20)28-15(4)12-17(16(28)5)13-18-22(25)29-24(26-23(18)30)32-21(27-29)11-14(2)3/h7-10,12-14,25H,6,11H2,1-5H3/b18-13+,25-22?. The molecule has 0 aliphatic carbocycles. The van der Waals surface area contributed by atoms with Gasteiger partial charge < -0.3 is 9.30 Å². The number of ether oxygens (including phenoxy) is 1. The van der Waals surface area contributed by atoms with Crippen LogP contribution in [0.25, 0.3) is 11.8 Å². The Morgan fingerprint density at radius 1 is 1.25 bits per heavy atom. The lowest BCUT2D eigenvalue weighted by Gasteiger charge is -2.20. The number of nitrogens with one attached hydrogen (secondary N) is 1. The second-order valence-electron chi connectivity index (χ2n) is 8.17. The van der Waals surface area contributed by atoms with Gasteiger partial charge in [-0.3, -0.25) is 10.2 Å². The lowest BCUT2D eigenvalue weighted by molar-refractivity contribution is -0.114. The molecule has 0 unspecified atom stereocenters. The van der Waals surface area contributed by atoms with E-state index in [4.69, 9.17) is 10.1 Å². The molecule has 1 aromatic heterocycles. The molecule has 4 rings (SSSR count). The van der Waals surface area contributed by atoms with Crippen molar-refractivity contribution in [3.8, 4) is 11.4 Å². The molecule has 0 spiro atoms. The summed E-state index contributed by atoms with van der Waals surface area (Å²) in [4.78, 5) is 17.0. The fourth-order valence-corrected chi connectivity index (χ4v) is 4.94. The van der Waals surface area contributed by atoms with E-state index in [1.165, 1.54) is 16.8 Å². The van der Waals surface area contributed by atoms with E-state index in [2.05, 4.69) is 28.5 Å². The van der Waals surface area contributed by atoms with E-state index in [9.17, 15) is 4.79 Å². The number of amides is 1. The summed E-state index contributed by atoms with van der Waals surface area (Å²) in [7, 11) is 0.